The van der Waals surface area contributed by atoms with E-state index < -0.39 is 0 Å². The van der Waals surface area contributed by atoms with Crippen LogP contribution in [0.3, 0.4) is 0 Å². The van der Waals surface area contributed by atoms with Crippen molar-refractivity contribution < 1.29 is 4.79 Å². The van der Waals surface area contributed by atoms with Crippen LogP contribution in [0.25, 0.3) is 0 Å². The van der Waals surface area contributed by atoms with Crippen molar-refractivity contribution in [2.75, 3.05) is 5.73 Å². The number of carbonyl (C=O) groups excluding carboxylic acids is 1. The van der Waals surface area contributed by atoms with Crippen LogP contribution in [0.4, 0.5) is 5.69 Å². The third-order valence-corrected chi connectivity index (χ3v) is 3.88. The zero-order valence-corrected chi connectivity index (χ0v) is 10.8. The van der Waals surface area contributed by atoms with E-state index in [1.807, 2.05) is 19.1 Å². The highest BCUT2D eigenvalue weighted by atomic mass is 79.9. The Morgan fingerprint density at radius 1 is 1.60 bits per heavy atom. The SMILES string of the molecule is CCC(Sc1cc(Br)ccc1N)C(N)=O. The number of hydrogen-bond donors (Lipinski definition) is 2. The Morgan fingerprint density at radius 2 is 2.27 bits per heavy atom. The van der Waals surface area contributed by atoms with Crippen molar-refractivity contribution in [1.29, 1.82) is 0 Å². The van der Waals surface area contributed by atoms with Gasteiger partial charge in [0.2, 0.25) is 5.91 Å². The summed E-state index contributed by atoms with van der Waals surface area (Å²) in [5, 5.41) is -0.221. The average Bonchev–Trinajstić information content (AvgIpc) is 2.18. The predicted octanol–water partition coefficient (Wildman–Crippen LogP) is 2.39. The van der Waals surface area contributed by atoms with Gasteiger partial charge in [0, 0.05) is 15.1 Å². The highest BCUT2D eigenvalue weighted by Crippen LogP contribution is 2.32. The summed E-state index contributed by atoms with van der Waals surface area (Å²) in [4.78, 5) is 12.0. The van der Waals surface area contributed by atoms with Gasteiger partial charge in [-0.15, -0.1) is 11.8 Å². The Bertz CT molecular complexity index is 370. The number of primary amides is 1. The number of nitrogens with two attached hydrogens (primary N) is 2. The quantitative estimate of drug-likeness (QED) is 0.660. The van der Waals surface area contributed by atoms with E-state index >= 15 is 0 Å². The first kappa shape index (κ1) is 12.4. The Labute approximate surface area is 102 Å². The number of amides is 1. The molecule has 1 atom stereocenters. The Morgan fingerprint density at radius 3 is 2.80 bits per heavy atom. The zero-order valence-electron chi connectivity index (χ0n) is 8.37. The molecule has 0 saturated carbocycles. The lowest BCUT2D eigenvalue weighted by Gasteiger charge is -2.12. The lowest BCUT2D eigenvalue weighted by atomic mass is 10.3. The van der Waals surface area contributed by atoms with E-state index in [0.29, 0.717) is 12.1 Å². The number of thioether (sulfide) groups is 1. The Kier molecular flexibility index (Phi) is 4.47. The van der Waals surface area contributed by atoms with Crippen molar-refractivity contribution in [3.63, 3.8) is 0 Å². The fourth-order valence-corrected chi connectivity index (χ4v) is 2.61. The maximum absolute atomic E-state index is 11.1. The summed E-state index contributed by atoms with van der Waals surface area (Å²) in [6.07, 6.45) is 0.700. The molecule has 1 rings (SSSR count). The van der Waals surface area contributed by atoms with E-state index in [-0.39, 0.29) is 11.2 Å². The van der Waals surface area contributed by atoms with Gasteiger partial charge in [-0.05, 0) is 24.6 Å². The van der Waals surface area contributed by atoms with Gasteiger partial charge in [-0.25, -0.2) is 0 Å². The van der Waals surface area contributed by atoms with Crippen LogP contribution < -0.4 is 11.5 Å². The molecule has 1 unspecified atom stereocenters. The number of halogens is 1. The summed E-state index contributed by atoms with van der Waals surface area (Å²) < 4.78 is 0.943. The molecule has 0 aliphatic heterocycles. The minimum Gasteiger partial charge on any atom is -0.398 e. The van der Waals surface area contributed by atoms with E-state index in [2.05, 4.69) is 15.9 Å². The predicted molar refractivity (Wildman–Crippen MR) is 67.7 cm³/mol. The third kappa shape index (κ3) is 3.43. The van der Waals surface area contributed by atoms with E-state index in [1.165, 1.54) is 11.8 Å². The van der Waals surface area contributed by atoms with Crippen molar-refractivity contribution in [2.45, 2.75) is 23.5 Å². The molecule has 0 fully saturated rings. The number of anilines is 1. The molecule has 0 heterocycles. The lowest BCUT2D eigenvalue weighted by Crippen LogP contribution is -2.24. The molecule has 0 radical (unpaired) electrons. The summed E-state index contributed by atoms with van der Waals surface area (Å²) in [5.41, 5.74) is 11.7. The van der Waals surface area contributed by atoms with Gasteiger partial charge in [0.15, 0.2) is 0 Å². The van der Waals surface area contributed by atoms with Crippen LogP contribution in [0.1, 0.15) is 13.3 Å². The molecule has 0 aliphatic rings. The molecule has 0 spiro atoms. The smallest absolute Gasteiger partial charge is 0.230 e. The fourth-order valence-electron chi connectivity index (χ4n) is 1.11. The number of benzene rings is 1. The monoisotopic (exact) mass is 288 g/mol. The van der Waals surface area contributed by atoms with Crippen molar-refractivity contribution in [2.24, 2.45) is 5.73 Å². The molecule has 4 N–H and O–H groups in total. The van der Waals surface area contributed by atoms with Crippen molar-refractivity contribution >= 4 is 39.3 Å². The Balaban J connectivity index is 2.87. The minimum atomic E-state index is -0.304. The van der Waals surface area contributed by atoms with Crippen LogP contribution in [0, 0.1) is 0 Å². The molecule has 1 aromatic rings. The van der Waals surface area contributed by atoms with E-state index in [1.54, 1.807) is 6.07 Å². The molecule has 0 aromatic heterocycles. The summed E-state index contributed by atoms with van der Waals surface area (Å²) in [6.45, 7) is 1.93. The fraction of sp³-hybridized carbons (Fsp3) is 0.300. The first-order valence-corrected chi connectivity index (χ1v) is 6.22. The standard InChI is InChI=1S/C10H13BrN2OS/c1-2-8(10(13)14)15-9-5-6(11)3-4-7(9)12/h3-5,8H,2,12H2,1H3,(H2,13,14). The van der Waals surface area contributed by atoms with Gasteiger partial charge < -0.3 is 11.5 Å². The van der Waals surface area contributed by atoms with Crippen molar-refractivity contribution in [3.05, 3.63) is 22.7 Å². The topological polar surface area (TPSA) is 69.1 Å². The molecule has 3 nitrogen and oxygen atoms in total. The first-order valence-electron chi connectivity index (χ1n) is 4.55. The van der Waals surface area contributed by atoms with Gasteiger partial charge in [-0.3, -0.25) is 4.79 Å². The van der Waals surface area contributed by atoms with Crippen LogP contribution in [-0.2, 0) is 4.79 Å². The molecule has 82 valence electrons. The molecular formula is C10H13BrN2OS. The number of carbonyl (C=O) groups is 1. The van der Waals surface area contributed by atoms with E-state index in [0.717, 1.165) is 9.37 Å². The minimum absolute atomic E-state index is 0.221. The van der Waals surface area contributed by atoms with Crippen LogP contribution in [-0.4, -0.2) is 11.2 Å². The van der Waals surface area contributed by atoms with Gasteiger partial charge >= 0.3 is 0 Å². The summed E-state index contributed by atoms with van der Waals surface area (Å²) >= 11 is 4.77. The molecule has 5 heteroatoms. The zero-order chi connectivity index (χ0) is 11.4. The number of nitrogen functional groups attached to an aromatic ring is 1. The maximum atomic E-state index is 11.1. The van der Waals surface area contributed by atoms with E-state index in [9.17, 15) is 4.79 Å². The highest BCUT2D eigenvalue weighted by molar-refractivity contribution is 9.10. The van der Waals surface area contributed by atoms with Crippen LogP contribution >= 0.6 is 27.7 Å². The molecule has 0 aliphatic carbocycles. The highest BCUT2D eigenvalue weighted by Gasteiger charge is 2.15. The van der Waals surface area contributed by atoms with Crippen LogP contribution in [0.2, 0.25) is 0 Å². The maximum Gasteiger partial charge on any atom is 0.230 e. The summed E-state index contributed by atoms with van der Waals surface area (Å²) in [5.74, 6) is -0.304. The lowest BCUT2D eigenvalue weighted by molar-refractivity contribution is -0.117. The molecule has 15 heavy (non-hydrogen) atoms. The largest absolute Gasteiger partial charge is 0.398 e. The van der Waals surface area contributed by atoms with E-state index in [4.69, 9.17) is 11.5 Å². The second kappa shape index (κ2) is 5.42. The molecule has 1 amide bonds. The molecule has 0 bridgehead atoms. The van der Waals surface area contributed by atoms with Crippen molar-refractivity contribution in [1.82, 2.24) is 0 Å². The first-order chi connectivity index (χ1) is 7.04. The third-order valence-electron chi connectivity index (χ3n) is 1.93. The van der Waals surface area contributed by atoms with Gasteiger partial charge in [0.05, 0.1) is 5.25 Å². The summed E-state index contributed by atoms with van der Waals surface area (Å²) in [6, 6.07) is 5.57. The van der Waals surface area contributed by atoms with Crippen LogP contribution in [0.15, 0.2) is 27.6 Å². The molecule has 1 aromatic carbocycles. The average molecular weight is 289 g/mol. The normalized spacial score (nSPS) is 12.4. The second-order valence-corrected chi connectivity index (χ2v) is 5.26. The van der Waals surface area contributed by atoms with Gasteiger partial charge in [0.1, 0.15) is 0 Å². The Hall–Kier alpha value is -0.680. The van der Waals surface area contributed by atoms with Crippen LogP contribution in [0.5, 0.6) is 0 Å². The number of rotatable bonds is 4. The molecular weight excluding hydrogens is 276 g/mol. The van der Waals surface area contributed by atoms with Crippen molar-refractivity contribution in [3.8, 4) is 0 Å². The summed E-state index contributed by atoms with van der Waals surface area (Å²) in [7, 11) is 0. The molecule has 0 saturated heterocycles. The van der Waals surface area contributed by atoms with Gasteiger partial charge in [-0.1, -0.05) is 22.9 Å². The van der Waals surface area contributed by atoms with Gasteiger partial charge in [-0.2, -0.15) is 0 Å². The number of hydrogen-bond acceptors (Lipinski definition) is 3. The van der Waals surface area contributed by atoms with Gasteiger partial charge in [0.25, 0.3) is 0 Å². The second-order valence-electron chi connectivity index (χ2n) is 3.10.